The zero-order valence-corrected chi connectivity index (χ0v) is 12.4. The van der Waals surface area contributed by atoms with E-state index in [1.165, 1.54) is 33.5 Å². The minimum atomic E-state index is 0.309. The summed E-state index contributed by atoms with van der Waals surface area (Å²) in [5, 5.41) is 0. The number of halogens is 1. The van der Waals surface area contributed by atoms with Crippen molar-refractivity contribution in [2.75, 3.05) is 0 Å². The lowest BCUT2D eigenvalue weighted by Gasteiger charge is -2.14. The summed E-state index contributed by atoms with van der Waals surface area (Å²) in [4.78, 5) is 1.40. The van der Waals surface area contributed by atoms with Gasteiger partial charge in [-0.3, -0.25) is 0 Å². The molecule has 1 aromatic rings. The molecule has 5 atom stereocenters. The molecule has 0 amide bonds. The number of hydrogen-bond acceptors (Lipinski definition) is 2. The molecule has 3 fully saturated rings. The molecule has 0 spiro atoms. The van der Waals surface area contributed by atoms with Crippen molar-refractivity contribution in [1.29, 1.82) is 0 Å². The minimum absolute atomic E-state index is 0.309. The second-order valence-electron chi connectivity index (χ2n) is 6.20. The molecule has 3 aliphatic rings. The molecule has 92 valence electrons. The summed E-state index contributed by atoms with van der Waals surface area (Å²) in [6.45, 7) is 2.16. The quantitative estimate of drug-likeness (QED) is 0.874. The van der Waals surface area contributed by atoms with Gasteiger partial charge in [0, 0.05) is 10.9 Å². The monoisotopic (exact) mass is 311 g/mol. The molecule has 3 heteroatoms. The van der Waals surface area contributed by atoms with E-state index in [0.717, 1.165) is 29.6 Å². The molecule has 0 aliphatic heterocycles. The molecule has 3 saturated carbocycles. The van der Waals surface area contributed by atoms with Crippen LogP contribution in [-0.2, 0) is 0 Å². The molecule has 1 aromatic heterocycles. The summed E-state index contributed by atoms with van der Waals surface area (Å²) in [5.74, 6) is 4.86. The zero-order chi connectivity index (χ0) is 11.7. The van der Waals surface area contributed by atoms with Crippen LogP contribution in [-0.4, -0.2) is 0 Å². The van der Waals surface area contributed by atoms with E-state index in [-0.39, 0.29) is 0 Å². The Morgan fingerprint density at radius 1 is 1.35 bits per heavy atom. The van der Waals surface area contributed by atoms with Crippen LogP contribution in [0.15, 0.2) is 9.85 Å². The van der Waals surface area contributed by atoms with E-state index < -0.39 is 0 Å². The lowest BCUT2D eigenvalue weighted by atomic mass is 9.97. The van der Waals surface area contributed by atoms with Gasteiger partial charge in [-0.1, -0.05) is 0 Å². The molecular formula is C14H18BrNS. The molecule has 4 rings (SSSR count). The first-order chi connectivity index (χ1) is 8.16. The smallest absolute Gasteiger partial charge is 0.0731 e. The molecule has 1 heterocycles. The first kappa shape index (κ1) is 11.0. The number of thiophene rings is 1. The fourth-order valence-electron chi connectivity index (χ4n) is 4.71. The molecule has 0 radical (unpaired) electrons. The zero-order valence-electron chi connectivity index (χ0n) is 10.0. The summed E-state index contributed by atoms with van der Waals surface area (Å²) in [7, 11) is 0. The predicted octanol–water partition coefficient (Wildman–Crippen LogP) is 4.11. The Kier molecular flexibility index (Phi) is 2.32. The van der Waals surface area contributed by atoms with Crippen LogP contribution in [0.5, 0.6) is 0 Å². The standard InChI is InChI=1S/C14H18BrNS/c1-6-4-9(17-14(6)15)13(16)12-10-7-2-3-8(5-7)11(10)12/h4,7-8,10-13H,2-3,5,16H2,1H3. The van der Waals surface area contributed by atoms with Crippen LogP contribution in [0.25, 0.3) is 0 Å². The number of aryl methyl sites for hydroxylation is 1. The maximum atomic E-state index is 6.51. The van der Waals surface area contributed by atoms with Crippen molar-refractivity contribution < 1.29 is 0 Å². The van der Waals surface area contributed by atoms with Crippen LogP contribution in [0.1, 0.15) is 35.7 Å². The van der Waals surface area contributed by atoms with Crippen LogP contribution in [0.3, 0.4) is 0 Å². The molecule has 0 aromatic carbocycles. The topological polar surface area (TPSA) is 26.0 Å². The van der Waals surface area contributed by atoms with Crippen LogP contribution in [0, 0.1) is 36.5 Å². The van der Waals surface area contributed by atoms with E-state index in [0.29, 0.717) is 6.04 Å². The van der Waals surface area contributed by atoms with Gasteiger partial charge in [0.2, 0.25) is 0 Å². The van der Waals surface area contributed by atoms with Crippen LogP contribution < -0.4 is 5.73 Å². The third-order valence-corrected chi connectivity index (χ3v) is 7.65. The van der Waals surface area contributed by atoms with Crippen molar-refractivity contribution in [3.63, 3.8) is 0 Å². The number of rotatable bonds is 2. The Morgan fingerprint density at radius 2 is 2.00 bits per heavy atom. The van der Waals surface area contributed by atoms with E-state index in [1.54, 1.807) is 0 Å². The van der Waals surface area contributed by atoms with Crippen molar-refractivity contribution >= 4 is 27.3 Å². The van der Waals surface area contributed by atoms with Gasteiger partial charge >= 0.3 is 0 Å². The van der Waals surface area contributed by atoms with E-state index in [9.17, 15) is 0 Å². The highest BCUT2D eigenvalue weighted by molar-refractivity contribution is 9.11. The number of hydrogen-bond donors (Lipinski definition) is 1. The summed E-state index contributed by atoms with van der Waals surface area (Å²) in [6, 6.07) is 2.60. The van der Waals surface area contributed by atoms with Gasteiger partial charge < -0.3 is 5.73 Å². The Morgan fingerprint density at radius 3 is 2.53 bits per heavy atom. The van der Waals surface area contributed by atoms with Gasteiger partial charge in [0.25, 0.3) is 0 Å². The van der Waals surface area contributed by atoms with Gasteiger partial charge in [-0.15, -0.1) is 11.3 Å². The van der Waals surface area contributed by atoms with Gasteiger partial charge in [-0.05, 0) is 83.3 Å². The van der Waals surface area contributed by atoms with Crippen LogP contribution >= 0.6 is 27.3 Å². The van der Waals surface area contributed by atoms with E-state index in [4.69, 9.17) is 5.73 Å². The summed E-state index contributed by atoms with van der Waals surface area (Å²) >= 11 is 5.46. The van der Waals surface area contributed by atoms with Gasteiger partial charge in [0.05, 0.1) is 3.79 Å². The number of nitrogens with two attached hydrogens (primary N) is 1. The molecule has 0 saturated heterocycles. The maximum absolute atomic E-state index is 6.51. The molecule has 2 bridgehead atoms. The van der Waals surface area contributed by atoms with Crippen LogP contribution in [0.4, 0.5) is 0 Å². The highest BCUT2D eigenvalue weighted by atomic mass is 79.9. The van der Waals surface area contributed by atoms with Crippen LogP contribution in [0.2, 0.25) is 0 Å². The average molecular weight is 312 g/mol. The third kappa shape index (κ3) is 1.45. The normalized spacial score (nSPS) is 43.8. The van der Waals surface area contributed by atoms with E-state index in [2.05, 4.69) is 28.9 Å². The largest absolute Gasteiger partial charge is 0.323 e. The highest BCUT2D eigenvalue weighted by Gasteiger charge is 2.66. The second kappa shape index (κ2) is 3.58. The predicted molar refractivity (Wildman–Crippen MR) is 75.0 cm³/mol. The Labute approximate surface area is 115 Å². The second-order valence-corrected chi connectivity index (χ2v) is 8.60. The average Bonchev–Trinajstić information content (AvgIpc) is 2.60. The SMILES string of the molecule is Cc1cc(C(N)C2C3C4CCC(C4)C32)sc1Br. The fraction of sp³-hybridized carbons (Fsp3) is 0.714. The molecule has 1 nitrogen and oxygen atoms in total. The molecule has 3 aliphatic carbocycles. The Bertz CT molecular complexity index is 433. The number of fused-ring (bicyclic) bond motifs is 5. The van der Waals surface area contributed by atoms with E-state index >= 15 is 0 Å². The molecule has 17 heavy (non-hydrogen) atoms. The first-order valence-electron chi connectivity index (χ1n) is 6.68. The Balaban J connectivity index is 1.57. The van der Waals surface area contributed by atoms with Crippen molar-refractivity contribution in [3.8, 4) is 0 Å². The van der Waals surface area contributed by atoms with Crippen molar-refractivity contribution in [1.82, 2.24) is 0 Å². The van der Waals surface area contributed by atoms with Gasteiger partial charge in [-0.25, -0.2) is 0 Å². The van der Waals surface area contributed by atoms with Crippen molar-refractivity contribution in [2.24, 2.45) is 35.3 Å². The Hall–Kier alpha value is 0.140. The lowest BCUT2D eigenvalue weighted by Crippen LogP contribution is -2.16. The van der Waals surface area contributed by atoms with Crippen molar-refractivity contribution in [2.45, 2.75) is 32.2 Å². The van der Waals surface area contributed by atoms with Crippen molar-refractivity contribution in [3.05, 3.63) is 20.3 Å². The van der Waals surface area contributed by atoms with Gasteiger partial charge in [0.15, 0.2) is 0 Å². The van der Waals surface area contributed by atoms with Gasteiger partial charge in [-0.2, -0.15) is 0 Å². The fourth-order valence-corrected chi connectivity index (χ4v) is 6.34. The lowest BCUT2D eigenvalue weighted by molar-refractivity contribution is 0.420. The van der Waals surface area contributed by atoms with E-state index in [1.807, 2.05) is 11.3 Å². The third-order valence-electron chi connectivity index (χ3n) is 5.41. The molecule has 5 unspecified atom stereocenters. The summed E-state index contributed by atoms with van der Waals surface area (Å²) in [5.41, 5.74) is 7.86. The maximum Gasteiger partial charge on any atom is 0.0731 e. The summed E-state index contributed by atoms with van der Waals surface area (Å²) < 4.78 is 1.26. The molecule has 2 N–H and O–H groups in total. The highest BCUT2D eigenvalue weighted by Crippen LogP contribution is 2.72. The summed E-state index contributed by atoms with van der Waals surface area (Å²) in [6.07, 6.45) is 4.50. The minimum Gasteiger partial charge on any atom is -0.323 e. The first-order valence-corrected chi connectivity index (χ1v) is 8.29. The molecular weight excluding hydrogens is 294 g/mol. The van der Waals surface area contributed by atoms with Gasteiger partial charge in [0.1, 0.15) is 0 Å².